The molecule has 0 unspecified atom stereocenters. The van der Waals surface area contributed by atoms with Crippen molar-refractivity contribution >= 4 is 17.5 Å². The number of nitrogens with one attached hydrogen (secondary N) is 1. The van der Waals surface area contributed by atoms with Crippen LogP contribution in [0.2, 0.25) is 0 Å². The minimum atomic E-state index is 0.805. The van der Waals surface area contributed by atoms with Crippen molar-refractivity contribution in [1.82, 2.24) is 0 Å². The van der Waals surface area contributed by atoms with Crippen LogP contribution in [0.1, 0.15) is 45.4 Å². The molecule has 3 heteroatoms. The molecule has 0 atom stereocenters. The standard InChI is InChI=1S/C14H22ClNO/c1-2-3-4-5-6-7-12-17-14-10-8-13(16-15)9-11-14/h8-11,16H,2-7,12H2,1H3. The highest BCUT2D eigenvalue weighted by atomic mass is 35.5. The van der Waals surface area contributed by atoms with Gasteiger partial charge in [-0.3, -0.25) is 4.84 Å². The van der Waals surface area contributed by atoms with E-state index in [0.717, 1.165) is 24.5 Å². The minimum absolute atomic E-state index is 0.805. The van der Waals surface area contributed by atoms with Crippen molar-refractivity contribution < 1.29 is 4.74 Å². The van der Waals surface area contributed by atoms with Gasteiger partial charge in [0, 0.05) is 17.5 Å². The molecular formula is C14H22ClNO. The molecule has 0 fully saturated rings. The molecule has 0 heterocycles. The molecule has 0 radical (unpaired) electrons. The summed E-state index contributed by atoms with van der Waals surface area (Å²) in [7, 11) is 0. The number of benzene rings is 1. The van der Waals surface area contributed by atoms with Crippen LogP contribution < -0.4 is 9.57 Å². The number of anilines is 1. The predicted octanol–water partition coefficient (Wildman–Crippen LogP) is 4.99. The van der Waals surface area contributed by atoms with E-state index in [9.17, 15) is 0 Å². The lowest BCUT2D eigenvalue weighted by Gasteiger charge is -2.06. The molecule has 0 aliphatic rings. The van der Waals surface area contributed by atoms with Gasteiger partial charge in [0.1, 0.15) is 5.75 Å². The first-order valence-electron chi connectivity index (χ1n) is 6.46. The van der Waals surface area contributed by atoms with Crippen molar-refractivity contribution in [1.29, 1.82) is 0 Å². The molecule has 0 aliphatic carbocycles. The van der Waals surface area contributed by atoms with Crippen LogP contribution in [0.15, 0.2) is 24.3 Å². The summed E-state index contributed by atoms with van der Waals surface area (Å²) >= 11 is 5.48. The average Bonchev–Trinajstić information content (AvgIpc) is 2.38. The molecule has 0 spiro atoms. The maximum absolute atomic E-state index is 5.64. The lowest BCUT2D eigenvalue weighted by molar-refractivity contribution is 0.304. The summed E-state index contributed by atoms with van der Waals surface area (Å²) in [6.45, 7) is 3.04. The van der Waals surface area contributed by atoms with Gasteiger partial charge in [-0.1, -0.05) is 39.0 Å². The molecule has 1 rings (SSSR count). The van der Waals surface area contributed by atoms with E-state index in [1.54, 1.807) is 0 Å². The second-order valence-electron chi connectivity index (χ2n) is 4.24. The normalized spacial score (nSPS) is 10.2. The summed E-state index contributed by atoms with van der Waals surface area (Å²) in [6.07, 6.45) is 7.74. The zero-order chi connectivity index (χ0) is 12.3. The van der Waals surface area contributed by atoms with E-state index < -0.39 is 0 Å². The predicted molar refractivity (Wildman–Crippen MR) is 74.8 cm³/mol. The van der Waals surface area contributed by atoms with Gasteiger partial charge in [-0.05, 0) is 30.7 Å². The third-order valence-corrected chi connectivity index (χ3v) is 2.95. The Balaban J connectivity index is 2.05. The largest absolute Gasteiger partial charge is 0.494 e. The molecule has 96 valence electrons. The molecule has 1 N–H and O–H groups in total. The minimum Gasteiger partial charge on any atom is -0.494 e. The van der Waals surface area contributed by atoms with Crippen LogP contribution in [0.4, 0.5) is 5.69 Å². The highest BCUT2D eigenvalue weighted by Crippen LogP contribution is 2.16. The molecule has 0 amide bonds. The van der Waals surface area contributed by atoms with Crippen LogP contribution >= 0.6 is 11.8 Å². The topological polar surface area (TPSA) is 21.3 Å². The van der Waals surface area contributed by atoms with E-state index in [1.807, 2.05) is 24.3 Å². The summed E-state index contributed by atoms with van der Waals surface area (Å²) in [5, 5.41) is 0. The van der Waals surface area contributed by atoms with E-state index in [0.29, 0.717) is 0 Å². The number of halogens is 1. The number of ether oxygens (including phenoxy) is 1. The second-order valence-corrected chi connectivity index (χ2v) is 4.42. The molecule has 0 bridgehead atoms. The first-order chi connectivity index (χ1) is 8.36. The first-order valence-corrected chi connectivity index (χ1v) is 6.84. The van der Waals surface area contributed by atoms with Crippen molar-refractivity contribution in [2.75, 3.05) is 11.4 Å². The summed E-state index contributed by atoms with van der Waals surface area (Å²) in [6, 6.07) is 7.68. The Hall–Kier alpha value is -0.890. The zero-order valence-electron chi connectivity index (χ0n) is 10.5. The van der Waals surface area contributed by atoms with Crippen LogP contribution in [0, 0.1) is 0 Å². The second kappa shape index (κ2) is 9.17. The Morgan fingerprint density at radius 2 is 1.65 bits per heavy atom. The molecule has 0 saturated heterocycles. The van der Waals surface area contributed by atoms with E-state index >= 15 is 0 Å². The van der Waals surface area contributed by atoms with Gasteiger partial charge in [0.25, 0.3) is 0 Å². The first kappa shape index (κ1) is 14.2. The molecule has 0 aliphatic heterocycles. The third kappa shape index (κ3) is 6.42. The molecule has 17 heavy (non-hydrogen) atoms. The lowest BCUT2D eigenvalue weighted by Crippen LogP contribution is -1.97. The number of hydrogen-bond acceptors (Lipinski definition) is 2. The molecule has 0 saturated carbocycles. The van der Waals surface area contributed by atoms with Gasteiger partial charge in [0.05, 0.1) is 6.61 Å². The Labute approximate surface area is 109 Å². The van der Waals surface area contributed by atoms with Crippen molar-refractivity contribution in [3.8, 4) is 5.75 Å². The smallest absolute Gasteiger partial charge is 0.119 e. The fourth-order valence-electron chi connectivity index (χ4n) is 1.69. The molecule has 2 nitrogen and oxygen atoms in total. The maximum atomic E-state index is 5.64. The SMILES string of the molecule is CCCCCCCCOc1ccc(NCl)cc1. The fraction of sp³-hybridized carbons (Fsp3) is 0.571. The van der Waals surface area contributed by atoms with Crippen molar-refractivity contribution in [2.24, 2.45) is 0 Å². The summed E-state index contributed by atoms with van der Waals surface area (Å²) in [5.74, 6) is 0.911. The van der Waals surface area contributed by atoms with Gasteiger partial charge in [-0.2, -0.15) is 0 Å². The van der Waals surface area contributed by atoms with Crippen LogP contribution in [0.5, 0.6) is 5.75 Å². The number of hydrogen-bond donors (Lipinski definition) is 1. The van der Waals surface area contributed by atoms with Gasteiger partial charge in [-0.15, -0.1) is 0 Å². The van der Waals surface area contributed by atoms with E-state index in [-0.39, 0.29) is 0 Å². The monoisotopic (exact) mass is 255 g/mol. The molecular weight excluding hydrogens is 234 g/mol. The Morgan fingerprint density at radius 1 is 1.00 bits per heavy atom. The van der Waals surface area contributed by atoms with E-state index in [4.69, 9.17) is 16.5 Å². The summed E-state index contributed by atoms with van der Waals surface area (Å²) < 4.78 is 5.64. The Bertz CT molecular complexity index is 287. The number of rotatable bonds is 9. The van der Waals surface area contributed by atoms with Crippen LogP contribution in [-0.2, 0) is 0 Å². The average molecular weight is 256 g/mol. The van der Waals surface area contributed by atoms with Crippen molar-refractivity contribution in [2.45, 2.75) is 45.4 Å². The van der Waals surface area contributed by atoms with Gasteiger partial charge in [0.2, 0.25) is 0 Å². The summed E-state index contributed by atoms with van der Waals surface area (Å²) in [4.78, 5) is 2.57. The van der Waals surface area contributed by atoms with Crippen LogP contribution in [0.25, 0.3) is 0 Å². The van der Waals surface area contributed by atoms with Crippen molar-refractivity contribution in [3.05, 3.63) is 24.3 Å². The summed E-state index contributed by atoms with van der Waals surface area (Å²) in [5.41, 5.74) is 0.888. The Morgan fingerprint density at radius 3 is 2.29 bits per heavy atom. The van der Waals surface area contributed by atoms with Crippen LogP contribution in [-0.4, -0.2) is 6.61 Å². The van der Waals surface area contributed by atoms with E-state index in [1.165, 1.54) is 32.1 Å². The Kier molecular flexibility index (Phi) is 7.65. The van der Waals surface area contributed by atoms with Gasteiger partial charge < -0.3 is 4.74 Å². The van der Waals surface area contributed by atoms with Crippen molar-refractivity contribution in [3.63, 3.8) is 0 Å². The maximum Gasteiger partial charge on any atom is 0.119 e. The van der Waals surface area contributed by atoms with Gasteiger partial charge in [0.15, 0.2) is 0 Å². The molecule has 1 aromatic carbocycles. The zero-order valence-corrected chi connectivity index (χ0v) is 11.3. The van der Waals surface area contributed by atoms with E-state index in [2.05, 4.69) is 11.8 Å². The number of unbranched alkanes of at least 4 members (excludes halogenated alkanes) is 5. The van der Waals surface area contributed by atoms with Crippen LogP contribution in [0.3, 0.4) is 0 Å². The molecule has 1 aromatic rings. The fourth-order valence-corrected chi connectivity index (χ4v) is 1.81. The molecule has 0 aromatic heterocycles. The lowest BCUT2D eigenvalue weighted by atomic mass is 10.1. The van der Waals surface area contributed by atoms with Gasteiger partial charge >= 0.3 is 0 Å². The quantitative estimate of drug-likeness (QED) is 0.496. The van der Waals surface area contributed by atoms with Gasteiger partial charge in [-0.25, -0.2) is 0 Å². The highest BCUT2D eigenvalue weighted by Gasteiger charge is 1.95. The third-order valence-electron chi connectivity index (χ3n) is 2.73. The highest BCUT2D eigenvalue weighted by molar-refractivity contribution is 6.23.